The number of ether oxygens (including phenoxy) is 2. The third-order valence-electron chi connectivity index (χ3n) is 10.8. The zero-order chi connectivity index (χ0) is 28.4. The van der Waals surface area contributed by atoms with E-state index in [0.717, 1.165) is 12.0 Å². The van der Waals surface area contributed by atoms with Gasteiger partial charge in [-0.15, -0.1) is 0 Å². The van der Waals surface area contributed by atoms with Crippen LogP contribution in [-0.2, 0) is 25.7 Å². The molecule has 1 amide bonds. The number of esters is 1. The van der Waals surface area contributed by atoms with E-state index >= 15 is 0 Å². The molecule has 3 aliphatic rings. The third kappa shape index (κ3) is 3.85. The standard InChI is InChI=1S/C36H37NO4/c1-34(2)35(3)18-19-36(34,41-33(35)39)32(38)37-20-17-30(29-14-8-12-26-10-6-7-13-28(26)29)31(22-37)40-23-24-15-16-25-9-4-5-11-27(25)21-24/h4-16,21,30-31H,17-20,22-23H2,1-3H3/t30-,31+,35-,36+/m0/s1. The van der Waals surface area contributed by atoms with Gasteiger partial charge in [0.15, 0.2) is 5.60 Å². The van der Waals surface area contributed by atoms with E-state index in [1.54, 1.807) is 0 Å². The summed E-state index contributed by atoms with van der Waals surface area (Å²) in [4.78, 5) is 29.1. The third-order valence-corrected chi connectivity index (χ3v) is 10.8. The first-order chi connectivity index (χ1) is 19.7. The number of likely N-dealkylation sites (tertiary alicyclic amines) is 1. The highest BCUT2D eigenvalue weighted by atomic mass is 16.6. The maximum Gasteiger partial charge on any atom is 0.313 e. The number of piperidine rings is 1. The highest BCUT2D eigenvalue weighted by Crippen LogP contribution is 2.66. The molecule has 0 unspecified atom stereocenters. The van der Waals surface area contributed by atoms with E-state index in [4.69, 9.17) is 9.47 Å². The Labute approximate surface area is 241 Å². The van der Waals surface area contributed by atoms with Gasteiger partial charge in [0.25, 0.3) is 5.91 Å². The predicted octanol–water partition coefficient (Wildman–Crippen LogP) is 7.02. The first-order valence-corrected chi connectivity index (χ1v) is 14.8. The van der Waals surface area contributed by atoms with E-state index in [9.17, 15) is 9.59 Å². The summed E-state index contributed by atoms with van der Waals surface area (Å²) >= 11 is 0. The molecule has 4 aromatic rings. The fraction of sp³-hybridized carbons (Fsp3) is 0.389. The molecule has 5 nitrogen and oxygen atoms in total. The lowest BCUT2D eigenvalue weighted by molar-refractivity contribution is -0.176. The Kier molecular flexibility index (Phi) is 6.02. The summed E-state index contributed by atoms with van der Waals surface area (Å²) in [5, 5.41) is 4.83. The number of hydrogen-bond acceptors (Lipinski definition) is 4. The number of carbonyl (C=O) groups excluding carboxylic acids is 2. The van der Waals surface area contributed by atoms with Crippen LogP contribution in [0.5, 0.6) is 0 Å². The number of fused-ring (bicyclic) bond motifs is 4. The number of benzene rings is 4. The molecule has 1 saturated carbocycles. The normalized spacial score (nSPS) is 28.8. The van der Waals surface area contributed by atoms with Gasteiger partial charge in [0.05, 0.1) is 18.1 Å². The molecule has 41 heavy (non-hydrogen) atoms. The summed E-state index contributed by atoms with van der Waals surface area (Å²) in [7, 11) is 0. The highest BCUT2D eigenvalue weighted by molar-refractivity contribution is 5.96. The Morgan fingerprint density at radius 1 is 0.902 bits per heavy atom. The van der Waals surface area contributed by atoms with E-state index < -0.39 is 16.4 Å². The van der Waals surface area contributed by atoms with Crippen LogP contribution in [0.3, 0.4) is 0 Å². The van der Waals surface area contributed by atoms with Crippen molar-refractivity contribution in [3.05, 3.63) is 96.1 Å². The van der Waals surface area contributed by atoms with Crippen LogP contribution in [0.4, 0.5) is 0 Å². The zero-order valence-corrected chi connectivity index (χ0v) is 24.1. The molecule has 2 saturated heterocycles. The number of nitrogens with zero attached hydrogens (tertiary/aromatic N) is 1. The van der Waals surface area contributed by atoms with Crippen LogP contribution in [-0.4, -0.2) is 41.6 Å². The SMILES string of the molecule is CC1(C)[C@@]2(C)CC[C@]1(C(=O)N1CC[C@@H](c3cccc4ccccc34)[C@H](OCc3ccc4ccccc4c3)C1)OC2=O. The Bertz CT molecular complexity index is 1670. The summed E-state index contributed by atoms with van der Waals surface area (Å²) in [6.07, 6.45) is 1.84. The Morgan fingerprint density at radius 3 is 2.39 bits per heavy atom. The second-order valence-electron chi connectivity index (χ2n) is 12.9. The van der Waals surface area contributed by atoms with Gasteiger partial charge in [0.2, 0.25) is 0 Å². The van der Waals surface area contributed by atoms with Gasteiger partial charge in [-0.1, -0.05) is 92.7 Å². The molecule has 0 spiro atoms. The molecule has 2 aliphatic heterocycles. The number of carbonyl (C=O) groups is 2. The molecule has 0 N–H and O–H groups in total. The van der Waals surface area contributed by atoms with Crippen LogP contribution in [0.15, 0.2) is 84.9 Å². The Balaban J connectivity index is 1.20. The van der Waals surface area contributed by atoms with Crippen molar-refractivity contribution in [3.8, 4) is 0 Å². The van der Waals surface area contributed by atoms with Gasteiger partial charge >= 0.3 is 5.97 Å². The van der Waals surface area contributed by atoms with Gasteiger partial charge in [-0.2, -0.15) is 0 Å². The first-order valence-electron chi connectivity index (χ1n) is 14.8. The van der Waals surface area contributed by atoms with Crippen molar-refractivity contribution in [2.45, 2.75) is 64.3 Å². The topological polar surface area (TPSA) is 55.8 Å². The van der Waals surface area contributed by atoms with Crippen LogP contribution in [0, 0.1) is 10.8 Å². The highest BCUT2D eigenvalue weighted by Gasteiger charge is 2.76. The fourth-order valence-electron chi connectivity index (χ4n) is 7.71. The van der Waals surface area contributed by atoms with Crippen molar-refractivity contribution >= 4 is 33.4 Å². The van der Waals surface area contributed by atoms with Crippen molar-refractivity contribution in [3.63, 3.8) is 0 Å². The lowest BCUT2D eigenvalue weighted by Crippen LogP contribution is -2.58. The average molecular weight is 548 g/mol. The molecule has 0 radical (unpaired) electrons. The van der Waals surface area contributed by atoms with Crippen molar-refractivity contribution in [2.24, 2.45) is 10.8 Å². The molecule has 1 aliphatic carbocycles. The molecule has 4 aromatic carbocycles. The second-order valence-corrected chi connectivity index (χ2v) is 12.9. The first kappa shape index (κ1) is 26.2. The zero-order valence-electron chi connectivity index (χ0n) is 24.1. The predicted molar refractivity (Wildman–Crippen MR) is 160 cm³/mol. The van der Waals surface area contributed by atoms with Crippen molar-refractivity contribution in [1.29, 1.82) is 0 Å². The fourth-order valence-corrected chi connectivity index (χ4v) is 7.71. The van der Waals surface area contributed by atoms with Crippen molar-refractivity contribution < 1.29 is 19.1 Å². The van der Waals surface area contributed by atoms with E-state index in [0.29, 0.717) is 32.5 Å². The number of hydrogen-bond donors (Lipinski definition) is 0. The quantitative estimate of drug-likeness (QED) is 0.252. The molecule has 5 heteroatoms. The van der Waals surface area contributed by atoms with E-state index in [1.165, 1.54) is 27.1 Å². The minimum atomic E-state index is -1.10. The van der Waals surface area contributed by atoms with Gasteiger partial charge in [-0.25, -0.2) is 0 Å². The number of rotatable bonds is 5. The monoisotopic (exact) mass is 547 g/mol. The minimum absolute atomic E-state index is 0.0623. The number of amides is 1. The molecule has 2 bridgehead atoms. The molecular weight excluding hydrogens is 510 g/mol. The van der Waals surface area contributed by atoms with Crippen LogP contribution in [0.25, 0.3) is 21.5 Å². The van der Waals surface area contributed by atoms with Crippen LogP contribution in [0.1, 0.15) is 57.1 Å². The molecule has 7 rings (SSSR count). The van der Waals surface area contributed by atoms with Gasteiger partial charge in [0, 0.05) is 24.4 Å². The lowest BCUT2D eigenvalue weighted by Gasteiger charge is -2.44. The van der Waals surface area contributed by atoms with Crippen LogP contribution >= 0.6 is 0 Å². The molecule has 0 aromatic heterocycles. The molecule has 210 valence electrons. The van der Waals surface area contributed by atoms with Gasteiger partial charge in [-0.05, 0) is 64.9 Å². The summed E-state index contributed by atoms with van der Waals surface area (Å²) in [5.74, 6) is -0.166. The van der Waals surface area contributed by atoms with E-state index in [1.807, 2.05) is 25.7 Å². The lowest BCUT2D eigenvalue weighted by atomic mass is 9.66. The maximum atomic E-state index is 14.3. The Morgan fingerprint density at radius 2 is 1.63 bits per heavy atom. The van der Waals surface area contributed by atoms with Crippen LogP contribution in [0.2, 0.25) is 0 Å². The molecular formula is C36H37NO4. The summed E-state index contributed by atoms with van der Waals surface area (Å²) in [5.41, 5.74) is 0.0734. The second kappa shape index (κ2) is 9.42. The molecule has 4 atom stereocenters. The summed E-state index contributed by atoms with van der Waals surface area (Å²) in [6, 6.07) is 29.8. The largest absolute Gasteiger partial charge is 0.448 e. The molecule has 3 fully saturated rings. The summed E-state index contributed by atoms with van der Waals surface area (Å²) < 4.78 is 12.7. The van der Waals surface area contributed by atoms with Crippen LogP contribution < -0.4 is 0 Å². The van der Waals surface area contributed by atoms with Gasteiger partial charge < -0.3 is 14.4 Å². The summed E-state index contributed by atoms with van der Waals surface area (Å²) in [6.45, 7) is 7.54. The van der Waals surface area contributed by atoms with E-state index in [2.05, 4.69) is 84.9 Å². The van der Waals surface area contributed by atoms with Gasteiger partial charge in [0.1, 0.15) is 0 Å². The minimum Gasteiger partial charge on any atom is -0.448 e. The smallest absolute Gasteiger partial charge is 0.313 e. The average Bonchev–Trinajstić information content (AvgIpc) is 3.29. The van der Waals surface area contributed by atoms with E-state index in [-0.39, 0.29) is 23.9 Å². The van der Waals surface area contributed by atoms with Crippen molar-refractivity contribution in [1.82, 2.24) is 4.90 Å². The van der Waals surface area contributed by atoms with Gasteiger partial charge in [-0.3, -0.25) is 9.59 Å². The van der Waals surface area contributed by atoms with Crippen molar-refractivity contribution in [2.75, 3.05) is 13.1 Å². The Hall–Kier alpha value is -3.70. The molecule has 2 heterocycles. The maximum absolute atomic E-state index is 14.3.